The van der Waals surface area contributed by atoms with Crippen molar-refractivity contribution in [2.24, 2.45) is 0 Å². The molecule has 1 saturated heterocycles. The molecule has 1 atom stereocenters. The summed E-state index contributed by atoms with van der Waals surface area (Å²) >= 11 is 5.93. The smallest absolute Gasteiger partial charge is 0.247 e. The van der Waals surface area contributed by atoms with Gasteiger partial charge in [0.25, 0.3) is 0 Å². The van der Waals surface area contributed by atoms with Gasteiger partial charge in [0, 0.05) is 41.9 Å². The molecule has 32 heavy (non-hydrogen) atoms. The molecule has 1 unspecified atom stereocenters. The Bertz CT molecular complexity index is 1290. The molecule has 0 radical (unpaired) electrons. The van der Waals surface area contributed by atoms with Crippen molar-refractivity contribution < 1.29 is 9.59 Å². The maximum absolute atomic E-state index is 13.1. The van der Waals surface area contributed by atoms with Gasteiger partial charge in [-0.2, -0.15) is 5.10 Å². The van der Waals surface area contributed by atoms with Crippen LogP contribution in [0, 0.1) is 0 Å². The van der Waals surface area contributed by atoms with Gasteiger partial charge in [-0.3, -0.25) is 14.3 Å². The SMILES string of the molecule is O=C(Nc1cccc(Cn2cc(Cl)cn2)c1)C1CCC(=O)N1Cc1c[nH]c2ccccc12. The number of H-pyrrole nitrogens is 1. The predicted molar refractivity (Wildman–Crippen MR) is 123 cm³/mol. The first-order valence-corrected chi connectivity index (χ1v) is 10.9. The van der Waals surface area contributed by atoms with Crippen molar-refractivity contribution in [2.45, 2.75) is 32.0 Å². The fourth-order valence-corrected chi connectivity index (χ4v) is 4.39. The molecule has 5 rings (SSSR count). The van der Waals surface area contributed by atoms with Gasteiger partial charge in [-0.25, -0.2) is 0 Å². The Morgan fingerprint density at radius 1 is 1.19 bits per heavy atom. The van der Waals surface area contributed by atoms with E-state index in [9.17, 15) is 9.59 Å². The minimum absolute atomic E-state index is 0.000238. The molecule has 162 valence electrons. The molecule has 2 aromatic heterocycles. The molecule has 8 heteroatoms. The van der Waals surface area contributed by atoms with Gasteiger partial charge in [0.05, 0.1) is 17.8 Å². The number of hydrogen-bond donors (Lipinski definition) is 2. The summed E-state index contributed by atoms with van der Waals surface area (Å²) in [6.07, 6.45) is 6.14. The number of likely N-dealkylation sites (tertiary alicyclic amines) is 1. The Hall–Kier alpha value is -3.58. The number of carbonyl (C=O) groups excluding carboxylic acids is 2. The summed E-state index contributed by atoms with van der Waals surface area (Å²) in [6, 6.07) is 15.1. The second-order valence-electron chi connectivity index (χ2n) is 7.98. The largest absolute Gasteiger partial charge is 0.361 e. The molecule has 3 heterocycles. The molecule has 0 saturated carbocycles. The highest BCUT2D eigenvalue weighted by Crippen LogP contribution is 2.26. The van der Waals surface area contributed by atoms with E-state index >= 15 is 0 Å². The Labute approximate surface area is 190 Å². The van der Waals surface area contributed by atoms with Gasteiger partial charge in [-0.15, -0.1) is 0 Å². The molecule has 2 aromatic carbocycles. The Kier molecular flexibility index (Phi) is 5.41. The maximum atomic E-state index is 13.1. The minimum Gasteiger partial charge on any atom is -0.361 e. The number of fused-ring (bicyclic) bond motifs is 1. The molecule has 1 aliphatic heterocycles. The molecular formula is C24H22ClN5O2. The van der Waals surface area contributed by atoms with Crippen LogP contribution in [0.25, 0.3) is 10.9 Å². The monoisotopic (exact) mass is 447 g/mol. The number of aromatic nitrogens is 3. The van der Waals surface area contributed by atoms with Gasteiger partial charge < -0.3 is 15.2 Å². The van der Waals surface area contributed by atoms with Crippen LogP contribution in [-0.2, 0) is 22.7 Å². The topological polar surface area (TPSA) is 83.0 Å². The van der Waals surface area contributed by atoms with Crippen LogP contribution in [0.5, 0.6) is 0 Å². The highest BCUT2D eigenvalue weighted by atomic mass is 35.5. The summed E-state index contributed by atoms with van der Waals surface area (Å²) < 4.78 is 1.74. The highest BCUT2D eigenvalue weighted by molar-refractivity contribution is 6.30. The van der Waals surface area contributed by atoms with Crippen molar-refractivity contribution in [3.05, 3.63) is 83.3 Å². The highest BCUT2D eigenvalue weighted by Gasteiger charge is 2.36. The van der Waals surface area contributed by atoms with Crippen LogP contribution >= 0.6 is 11.6 Å². The van der Waals surface area contributed by atoms with Crippen LogP contribution in [0.4, 0.5) is 5.69 Å². The maximum Gasteiger partial charge on any atom is 0.247 e. The van der Waals surface area contributed by atoms with E-state index in [2.05, 4.69) is 15.4 Å². The lowest BCUT2D eigenvalue weighted by Gasteiger charge is -2.24. The van der Waals surface area contributed by atoms with Crippen LogP contribution in [0.1, 0.15) is 24.0 Å². The van der Waals surface area contributed by atoms with Gasteiger partial charge in [-0.1, -0.05) is 41.9 Å². The number of carbonyl (C=O) groups is 2. The molecule has 1 aliphatic rings. The molecule has 0 aliphatic carbocycles. The summed E-state index contributed by atoms with van der Waals surface area (Å²) in [4.78, 5) is 30.6. The number of amides is 2. The van der Waals surface area contributed by atoms with E-state index in [1.165, 1.54) is 0 Å². The van der Waals surface area contributed by atoms with E-state index in [0.717, 1.165) is 22.0 Å². The Morgan fingerprint density at radius 3 is 2.91 bits per heavy atom. The van der Waals surface area contributed by atoms with E-state index < -0.39 is 6.04 Å². The lowest BCUT2D eigenvalue weighted by Crippen LogP contribution is -2.41. The lowest BCUT2D eigenvalue weighted by molar-refractivity contribution is -0.133. The van der Waals surface area contributed by atoms with Crippen molar-refractivity contribution in [1.29, 1.82) is 0 Å². The second kappa shape index (κ2) is 8.51. The van der Waals surface area contributed by atoms with Gasteiger partial charge >= 0.3 is 0 Å². The number of aromatic amines is 1. The molecule has 0 spiro atoms. The number of rotatable bonds is 6. The van der Waals surface area contributed by atoms with Crippen molar-refractivity contribution in [1.82, 2.24) is 19.7 Å². The van der Waals surface area contributed by atoms with E-state index in [4.69, 9.17) is 11.6 Å². The van der Waals surface area contributed by atoms with E-state index in [-0.39, 0.29) is 11.8 Å². The Balaban J connectivity index is 1.30. The molecule has 0 bridgehead atoms. The van der Waals surface area contributed by atoms with Crippen LogP contribution in [0.3, 0.4) is 0 Å². The minimum atomic E-state index is -0.496. The molecular weight excluding hydrogens is 426 g/mol. The average Bonchev–Trinajstić information content (AvgIpc) is 3.48. The summed E-state index contributed by atoms with van der Waals surface area (Å²) in [6.45, 7) is 0.950. The second-order valence-corrected chi connectivity index (χ2v) is 8.42. The van der Waals surface area contributed by atoms with Crippen LogP contribution in [0.15, 0.2) is 67.1 Å². The number of anilines is 1. The molecule has 4 aromatic rings. The average molecular weight is 448 g/mol. The first-order chi connectivity index (χ1) is 15.6. The zero-order chi connectivity index (χ0) is 22.1. The number of benzene rings is 2. The van der Waals surface area contributed by atoms with Crippen LogP contribution in [-0.4, -0.2) is 37.5 Å². The number of halogens is 1. The van der Waals surface area contributed by atoms with E-state index in [1.807, 2.05) is 54.7 Å². The summed E-state index contributed by atoms with van der Waals surface area (Å²) in [5.74, 6) is -0.172. The van der Waals surface area contributed by atoms with E-state index in [1.54, 1.807) is 22.0 Å². The van der Waals surface area contributed by atoms with Gasteiger partial charge in [-0.05, 0) is 35.7 Å². The van der Waals surface area contributed by atoms with Gasteiger partial charge in [0.1, 0.15) is 6.04 Å². The van der Waals surface area contributed by atoms with Gasteiger partial charge in [0.15, 0.2) is 0 Å². The standard InChI is InChI=1S/C24H22ClN5O2/c25-18-12-27-29(15-18)13-16-4-3-5-19(10-16)28-24(32)22-8-9-23(31)30(22)14-17-11-26-21-7-2-1-6-20(17)21/h1-7,10-12,15,22,26H,8-9,13-14H2,(H,28,32). The zero-order valence-electron chi connectivity index (χ0n) is 17.3. The lowest BCUT2D eigenvalue weighted by atomic mass is 10.1. The zero-order valence-corrected chi connectivity index (χ0v) is 18.0. The fourth-order valence-electron chi connectivity index (χ4n) is 4.24. The quantitative estimate of drug-likeness (QED) is 0.464. The third-order valence-corrected chi connectivity index (χ3v) is 5.98. The predicted octanol–water partition coefficient (Wildman–Crippen LogP) is 4.20. The van der Waals surface area contributed by atoms with Crippen molar-refractivity contribution >= 4 is 40.0 Å². The third-order valence-electron chi connectivity index (χ3n) is 5.79. The van der Waals surface area contributed by atoms with Crippen molar-refractivity contribution in [3.8, 4) is 0 Å². The molecule has 7 nitrogen and oxygen atoms in total. The van der Waals surface area contributed by atoms with Crippen molar-refractivity contribution in [3.63, 3.8) is 0 Å². The van der Waals surface area contributed by atoms with Crippen LogP contribution in [0.2, 0.25) is 5.02 Å². The first kappa shape index (κ1) is 20.3. The Morgan fingerprint density at radius 2 is 2.06 bits per heavy atom. The first-order valence-electron chi connectivity index (χ1n) is 10.5. The van der Waals surface area contributed by atoms with E-state index in [0.29, 0.717) is 36.6 Å². The number of para-hydroxylation sites is 1. The summed E-state index contributed by atoms with van der Waals surface area (Å²) in [7, 11) is 0. The van der Waals surface area contributed by atoms with Crippen LogP contribution < -0.4 is 5.32 Å². The normalized spacial score (nSPS) is 16.1. The van der Waals surface area contributed by atoms with Crippen molar-refractivity contribution in [2.75, 3.05) is 5.32 Å². The molecule has 1 fully saturated rings. The third kappa shape index (κ3) is 4.11. The fraction of sp³-hybridized carbons (Fsp3) is 0.208. The summed E-state index contributed by atoms with van der Waals surface area (Å²) in [5.41, 5.74) is 3.71. The molecule has 2 amide bonds. The number of nitrogens with zero attached hydrogens (tertiary/aromatic N) is 3. The summed E-state index contributed by atoms with van der Waals surface area (Å²) in [5, 5.41) is 8.82. The number of hydrogen-bond acceptors (Lipinski definition) is 3. The molecule has 2 N–H and O–H groups in total. The number of nitrogens with one attached hydrogen (secondary N) is 2. The van der Waals surface area contributed by atoms with Gasteiger partial charge in [0.2, 0.25) is 11.8 Å².